The van der Waals surface area contributed by atoms with E-state index in [0.717, 1.165) is 80.8 Å². The number of thioether (sulfide) groups is 1. The molecule has 0 amide bonds. The molecule has 1 N–H and O–H groups in total. The molecular formula is C27H34N4O3S. The van der Waals surface area contributed by atoms with Gasteiger partial charge in [-0.3, -0.25) is 4.90 Å². The van der Waals surface area contributed by atoms with E-state index in [0.29, 0.717) is 17.8 Å². The molecule has 0 unspecified atom stereocenters. The Kier molecular flexibility index (Phi) is 7.91. The van der Waals surface area contributed by atoms with Crippen molar-refractivity contribution in [1.29, 1.82) is 0 Å². The molecule has 2 aliphatic heterocycles. The Bertz CT molecular complexity index is 1090. The molecule has 0 aliphatic carbocycles. The molecule has 2 saturated heterocycles. The number of aromatic nitrogens is 3. The fraction of sp³-hybridized carbons (Fsp3) is 0.481. The Labute approximate surface area is 211 Å². The van der Waals surface area contributed by atoms with E-state index in [2.05, 4.69) is 44.9 Å². The van der Waals surface area contributed by atoms with Crippen molar-refractivity contribution in [2.45, 2.75) is 56.0 Å². The van der Waals surface area contributed by atoms with Crippen LogP contribution in [-0.4, -0.2) is 63.4 Å². The van der Waals surface area contributed by atoms with E-state index in [-0.39, 0.29) is 5.75 Å². The summed E-state index contributed by atoms with van der Waals surface area (Å²) < 4.78 is 13.4. The van der Waals surface area contributed by atoms with Gasteiger partial charge in [0, 0.05) is 30.4 Å². The Balaban J connectivity index is 1.27. The number of phenolic OH excluding ortho intramolecular Hbond substituents is 1. The van der Waals surface area contributed by atoms with Gasteiger partial charge in [0.1, 0.15) is 5.82 Å². The first-order valence-electron chi connectivity index (χ1n) is 12.5. The second-order valence-corrected chi connectivity index (χ2v) is 10.4. The van der Waals surface area contributed by atoms with Gasteiger partial charge in [-0.25, -0.2) is 0 Å². The van der Waals surface area contributed by atoms with Gasteiger partial charge in [-0.2, -0.15) is 0 Å². The number of phenols is 1. The van der Waals surface area contributed by atoms with E-state index in [1.165, 1.54) is 5.56 Å². The highest BCUT2D eigenvalue weighted by atomic mass is 32.2. The fourth-order valence-electron chi connectivity index (χ4n) is 5.02. The zero-order chi connectivity index (χ0) is 24.0. The number of likely N-dealkylation sites (tertiary alicyclic amines) is 1. The topological polar surface area (TPSA) is 72.6 Å². The Hall–Kier alpha value is -2.55. The zero-order valence-corrected chi connectivity index (χ0v) is 21.1. The summed E-state index contributed by atoms with van der Waals surface area (Å²) in [6, 6.07) is 16.3. The molecule has 3 heterocycles. The van der Waals surface area contributed by atoms with Crippen molar-refractivity contribution in [2.24, 2.45) is 0 Å². The average molecular weight is 495 g/mol. The van der Waals surface area contributed by atoms with E-state index in [1.807, 2.05) is 12.1 Å². The van der Waals surface area contributed by atoms with E-state index in [4.69, 9.17) is 14.6 Å². The van der Waals surface area contributed by atoms with Crippen molar-refractivity contribution in [2.75, 3.05) is 32.6 Å². The van der Waals surface area contributed by atoms with Crippen LogP contribution in [0.15, 0.2) is 53.7 Å². The largest absolute Gasteiger partial charge is 0.504 e. The minimum absolute atomic E-state index is 0.243. The van der Waals surface area contributed by atoms with Crippen molar-refractivity contribution in [3.05, 3.63) is 65.5 Å². The predicted octanol–water partition coefficient (Wildman–Crippen LogP) is 4.69. The highest BCUT2D eigenvalue weighted by Crippen LogP contribution is 2.34. The van der Waals surface area contributed by atoms with Crippen LogP contribution in [0, 0.1) is 0 Å². The third-order valence-corrected chi connectivity index (χ3v) is 8.10. The number of hydrogen-bond donors (Lipinski definition) is 1. The SMILES string of the molecule is COc1cccc(CN2CCC(c3nnc(SC[C@@H]4CCCO4)n3Cc3ccccc3)CC2)c1O. The molecule has 8 heteroatoms. The minimum Gasteiger partial charge on any atom is -0.504 e. The Morgan fingerprint density at radius 2 is 1.86 bits per heavy atom. The molecule has 2 fully saturated rings. The second-order valence-electron chi connectivity index (χ2n) is 9.38. The first kappa shape index (κ1) is 24.2. The molecule has 0 saturated carbocycles. The van der Waals surface area contributed by atoms with E-state index in [1.54, 1.807) is 24.9 Å². The van der Waals surface area contributed by atoms with E-state index < -0.39 is 0 Å². The maximum atomic E-state index is 10.5. The van der Waals surface area contributed by atoms with Gasteiger partial charge in [0.15, 0.2) is 16.7 Å². The van der Waals surface area contributed by atoms with Crippen LogP contribution in [0.1, 0.15) is 48.6 Å². The molecule has 186 valence electrons. The summed E-state index contributed by atoms with van der Waals surface area (Å²) in [5, 5.41) is 20.8. The number of piperidine rings is 1. The fourth-order valence-corrected chi connectivity index (χ4v) is 6.03. The van der Waals surface area contributed by atoms with Crippen molar-refractivity contribution in [1.82, 2.24) is 19.7 Å². The van der Waals surface area contributed by atoms with Crippen LogP contribution in [0.25, 0.3) is 0 Å². The van der Waals surface area contributed by atoms with E-state index >= 15 is 0 Å². The number of aromatic hydroxyl groups is 1. The highest BCUT2D eigenvalue weighted by molar-refractivity contribution is 7.99. The summed E-state index contributed by atoms with van der Waals surface area (Å²) in [6.45, 7) is 4.29. The van der Waals surface area contributed by atoms with Gasteiger partial charge in [0.05, 0.1) is 19.8 Å². The molecule has 2 aliphatic rings. The number of methoxy groups -OCH3 is 1. The monoisotopic (exact) mass is 494 g/mol. The third kappa shape index (κ3) is 5.82. The smallest absolute Gasteiger partial charge is 0.191 e. The lowest BCUT2D eigenvalue weighted by Gasteiger charge is -2.32. The van der Waals surface area contributed by atoms with Crippen molar-refractivity contribution in [3.63, 3.8) is 0 Å². The number of rotatable bonds is 9. The maximum Gasteiger partial charge on any atom is 0.191 e. The van der Waals surface area contributed by atoms with Crippen LogP contribution >= 0.6 is 11.8 Å². The quantitative estimate of drug-likeness (QED) is 0.433. The molecule has 1 aromatic heterocycles. The van der Waals surface area contributed by atoms with Crippen molar-refractivity contribution < 1.29 is 14.6 Å². The summed E-state index contributed by atoms with van der Waals surface area (Å²) in [5.74, 6) is 3.16. The summed E-state index contributed by atoms with van der Waals surface area (Å²) in [7, 11) is 1.59. The lowest BCUT2D eigenvalue weighted by atomic mass is 9.95. The molecule has 2 aromatic carbocycles. The summed E-state index contributed by atoms with van der Waals surface area (Å²) in [6.07, 6.45) is 4.65. The normalized spacial score (nSPS) is 19.3. The highest BCUT2D eigenvalue weighted by Gasteiger charge is 2.27. The first-order valence-corrected chi connectivity index (χ1v) is 13.5. The van der Waals surface area contributed by atoms with Gasteiger partial charge < -0.3 is 19.1 Å². The lowest BCUT2D eigenvalue weighted by Crippen LogP contribution is -2.33. The number of nitrogens with zero attached hydrogens (tertiary/aromatic N) is 4. The van der Waals surface area contributed by atoms with Gasteiger partial charge in [-0.1, -0.05) is 54.2 Å². The molecule has 0 spiro atoms. The average Bonchev–Trinajstić information content (AvgIpc) is 3.55. The number of para-hydroxylation sites is 1. The Morgan fingerprint density at radius 3 is 2.60 bits per heavy atom. The molecule has 5 rings (SSSR count). The van der Waals surface area contributed by atoms with Crippen molar-refractivity contribution in [3.8, 4) is 11.5 Å². The van der Waals surface area contributed by atoms with Crippen LogP contribution in [-0.2, 0) is 17.8 Å². The van der Waals surface area contributed by atoms with Crippen LogP contribution in [0.5, 0.6) is 11.5 Å². The summed E-state index contributed by atoms with van der Waals surface area (Å²) >= 11 is 1.77. The van der Waals surface area contributed by atoms with E-state index in [9.17, 15) is 5.11 Å². The number of benzene rings is 2. The standard InChI is InChI=1S/C27H34N4O3S/c1-33-24-11-5-9-22(25(24)32)18-30-14-12-21(13-15-30)26-28-29-27(35-19-23-10-6-16-34-23)31(26)17-20-7-3-2-4-8-20/h2-5,7-9,11,21,23,32H,6,10,12-19H2,1H3/t23-/m0/s1. The maximum absolute atomic E-state index is 10.5. The van der Waals surface area contributed by atoms with Crippen LogP contribution < -0.4 is 4.74 Å². The number of ether oxygens (including phenoxy) is 2. The molecule has 3 aromatic rings. The Morgan fingerprint density at radius 1 is 1.03 bits per heavy atom. The molecule has 1 atom stereocenters. The van der Waals surface area contributed by atoms with Crippen LogP contribution in [0.4, 0.5) is 0 Å². The van der Waals surface area contributed by atoms with Gasteiger partial charge in [0.2, 0.25) is 0 Å². The van der Waals surface area contributed by atoms with Gasteiger partial charge in [-0.05, 0) is 50.4 Å². The van der Waals surface area contributed by atoms with Crippen molar-refractivity contribution >= 4 is 11.8 Å². The minimum atomic E-state index is 0.243. The van der Waals surface area contributed by atoms with Gasteiger partial charge in [-0.15, -0.1) is 10.2 Å². The third-order valence-electron chi connectivity index (χ3n) is 7.00. The zero-order valence-electron chi connectivity index (χ0n) is 20.3. The number of hydrogen-bond acceptors (Lipinski definition) is 7. The molecule has 35 heavy (non-hydrogen) atoms. The predicted molar refractivity (Wildman–Crippen MR) is 137 cm³/mol. The van der Waals surface area contributed by atoms with Crippen LogP contribution in [0.3, 0.4) is 0 Å². The molecule has 0 radical (unpaired) electrons. The summed E-state index contributed by atoms with van der Waals surface area (Å²) in [5.41, 5.74) is 2.17. The van der Waals surface area contributed by atoms with Crippen LogP contribution in [0.2, 0.25) is 0 Å². The first-order chi connectivity index (χ1) is 17.2. The molecule has 7 nitrogen and oxygen atoms in total. The second kappa shape index (κ2) is 11.5. The lowest BCUT2D eigenvalue weighted by molar-refractivity contribution is 0.129. The van der Waals surface area contributed by atoms with Gasteiger partial charge in [0.25, 0.3) is 0 Å². The molecule has 0 bridgehead atoms. The summed E-state index contributed by atoms with van der Waals surface area (Å²) in [4.78, 5) is 2.40. The van der Waals surface area contributed by atoms with Gasteiger partial charge >= 0.3 is 0 Å². The molecular weight excluding hydrogens is 460 g/mol.